The van der Waals surface area contributed by atoms with Gasteiger partial charge in [-0.3, -0.25) is 9.59 Å². The highest BCUT2D eigenvalue weighted by atomic mass is 35.5. The molecule has 126 valence electrons. The van der Waals surface area contributed by atoms with Crippen molar-refractivity contribution < 1.29 is 14.3 Å². The minimum Gasteiger partial charge on any atom is -0.497 e. The zero-order chi connectivity index (χ0) is 17.5. The standard InChI is InChI=1S/C19H20ClNO3/c1-13-3-4-15(11-17(13)20)12-18(22)19(23)21-10-9-14-5-7-16(24-2)8-6-14/h3-8,11H,9-10,12H2,1-2H3,(H,21,23). The number of carbonyl (C=O) groups is 2. The van der Waals surface area contributed by atoms with Crippen molar-refractivity contribution in [1.82, 2.24) is 5.32 Å². The Hall–Kier alpha value is -2.33. The molecule has 0 fully saturated rings. The maximum atomic E-state index is 12.0. The Balaban J connectivity index is 1.80. The zero-order valence-electron chi connectivity index (χ0n) is 13.8. The second-order valence-corrected chi connectivity index (χ2v) is 5.94. The highest BCUT2D eigenvalue weighted by Gasteiger charge is 2.14. The monoisotopic (exact) mass is 345 g/mol. The first-order valence-corrected chi connectivity index (χ1v) is 8.06. The quantitative estimate of drug-likeness (QED) is 0.784. The summed E-state index contributed by atoms with van der Waals surface area (Å²) in [5.41, 5.74) is 2.74. The first kappa shape index (κ1) is 18.0. The lowest BCUT2D eigenvalue weighted by atomic mass is 10.1. The van der Waals surface area contributed by atoms with E-state index in [0.29, 0.717) is 18.0 Å². The van der Waals surface area contributed by atoms with Crippen LogP contribution in [0.25, 0.3) is 0 Å². The van der Waals surface area contributed by atoms with Gasteiger partial charge in [0.05, 0.1) is 7.11 Å². The molecule has 0 unspecified atom stereocenters. The van der Waals surface area contributed by atoms with Crippen LogP contribution in [-0.4, -0.2) is 25.3 Å². The summed E-state index contributed by atoms with van der Waals surface area (Å²) in [6.45, 7) is 2.30. The maximum Gasteiger partial charge on any atom is 0.287 e. The molecule has 0 aromatic heterocycles. The minimum absolute atomic E-state index is 0.0500. The molecule has 2 aromatic carbocycles. The van der Waals surface area contributed by atoms with Crippen LogP contribution in [0.15, 0.2) is 42.5 Å². The van der Waals surface area contributed by atoms with Gasteiger partial charge in [0, 0.05) is 18.0 Å². The van der Waals surface area contributed by atoms with E-state index >= 15 is 0 Å². The van der Waals surface area contributed by atoms with Gasteiger partial charge < -0.3 is 10.1 Å². The van der Waals surface area contributed by atoms with Gasteiger partial charge >= 0.3 is 0 Å². The summed E-state index contributed by atoms with van der Waals surface area (Å²) in [6, 6.07) is 13.0. The van der Waals surface area contributed by atoms with E-state index in [0.717, 1.165) is 22.4 Å². The second kappa shape index (κ2) is 8.50. The number of hydrogen-bond acceptors (Lipinski definition) is 3. The van der Waals surface area contributed by atoms with Crippen molar-refractivity contribution in [1.29, 1.82) is 0 Å². The number of methoxy groups -OCH3 is 1. The van der Waals surface area contributed by atoms with Gasteiger partial charge in [0.25, 0.3) is 5.91 Å². The molecule has 4 nitrogen and oxygen atoms in total. The fourth-order valence-corrected chi connectivity index (χ4v) is 2.43. The molecule has 0 radical (unpaired) electrons. The van der Waals surface area contributed by atoms with E-state index in [-0.39, 0.29) is 6.42 Å². The number of hydrogen-bond donors (Lipinski definition) is 1. The summed E-state index contributed by atoms with van der Waals surface area (Å²) < 4.78 is 5.09. The zero-order valence-corrected chi connectivity index (χ0v) is 14.5. The third-order valence-corrected chi connectivity index (χ3v) is 4.12. The Morgan fingerprint density at radius 1 is 1.08 bits per heavy atom. The van der Waals surface area contributed by atoms with E-state index < -0.39 is 11.7 Å². The third-order valence-electron chi connectivity index (χ3n) is 3.71. The van der Waals surface area contributed by atoms with Crippen molar-refractivity contribution in [2.45, 2.75) is 19.8 Å². The predicted molar refractivity (Wildman–Crippen MR) is 94.6 cm³/mol. The molecule has 0 aliphatic heterocycles. The van der Waals surface area contributed by atoms with Crippen molar-refractivity contribution in [3.05, 3.63) is 64.2 Å². The highest BCUT2D eigenvalue weighted by Crippen LogP contribution is 2.17. The molecule has 0 aliphatic carbocycles. The van der Waals surface area contributed by atoms with Crippen molar-refractivity contribution in [3.63, 3.8) is 0 Å². The third kappa shape index (κ3) is 5.10. The summed E-state index contributed by atoms with van der Waals surface area (Å²) in [5.74, 6) is -0.250. The number of carbonyl (C=O) groups excluding carboxylic acids is 2. The summed E-state index contributed by atoms with van der Waals surface area (Å²) in [5, 5.41) is 3.25. The van der Waals surface area contributed by atoms with Gasteiger partial charge in [-0.15, -0.1) is 0 Å². The van der Waals surface area contributed by atoms with Gasteiger partial charge in [-0.2, -0.15) is 0 Å². The summed E-state index contributed by atoms with van der Waals surface area (Å²) in [7, 11) is 1.61. The van der Waals surface area contributed by atoms with E-state index in [4.69, 9.17) is 16.3 Å². The molecular weight excluding hydrogens is 326 g/mol. The average Bonchev–Trinajstić information content (AvgIpc) is 2.58. The van der Waals surface area contributed by atoms with Crippen LogP contribution in [0, 0.1) is 6.92 Å². The molecule has 0 heterocycles. The number of benzene rings is 2. The van der Waals surface area contributed by atoms with Crippen LogP contribution in [0.4, 0.5) is 0 Å². The first-order valence-electron chi connectivity index (χ1n) is 7.68. The van der Waals surface area contributed by atoms with Crippen molar-refractivity contribution in [2.75, 3.05) is 13.7 Å². The van der Waals surface area contributed by atoms with Gasteiger partial charge in [0.1, 0.15) is 5.75 Å². The normalized spacial score (nSPS) is 10.3. The lowest BCUT2D eigenvalue weighted by Gasteiger charge is -2.06. The number of halogens is 1. The van der Waals surface area contributed by atoms with E-state index in [9.17, 15) is 9.59 Å². The van der Waals surface area contributed by atoms with Crippen LogP contribution in [0.3, 0.4) is 0 Å². The number of amides is 1. The van der Waals surface area contributed by atoms with Gasteiger partial charge in [-0.25, -0.2) is 0 Å². The largest absolute Gasteiger partial charge is 0.497 e. The van der Waals surface area contributed by atoms with Crippen molar-refractivity contribution in [3.8, 4) is 5.75 Å². The molecular formula is C19H20ClNO3. The van der Waals surface area contributed by atoms with Crippen LogP contribution in [0.1, 0.15) is 16.7 Å². The molecule has 0 saturated heterocycles. The number of ketones is 1. The number of rotatable bonds is 7. The number of aryl methyl sites for hydroxylation is 1. The van der Waals surface area contributed by atoms with Crippen LogP contribution in [-0.2, 0) is 22.4 Å². The molecule has 0 aliphatic rings. The van der Waals surface area contributed by atoms with Gasteiger partial charge in [-0.1, -0.05) is 35.9 Å². The van der Waals surface area contributed by atoms with Gasteiger partial charge in [0.2, 0.25) is 5.78 Å². The molecule has 0 bridgehead atoms. The highest BCUT2D eigenvalue weighted by molar-refractivity contribution is 6.36. The second-order valence-electron chi connectivity index (χ2n) is 5.54. The molecule has 0 saturated carbocycles. The Bertz CT molecular complexity index is 726. The fourth-order valence-electron chi connectivity index (χ4n) is 2.22. The lowest BCUT2D eigenvalue weighted by Crippen LogP contribution is -2.33. The number of nitrogens with one attached hydrogen (secondary N) is 1. The van der Waals surface area contributed by atoms with E-state index in [2.05, 4.69) is 5.32 Å². The predicted octanol–water partition coefficient (Wildman–Crippen LogP) is 3.13. The van der Waals surface area contributed by atoms with E-state index in [1.165, 1.54) is 0 Å². The molecule has 0 spiro atoms. The molecule has 1 amide bonds. The Morgan fingerprint density at radius 2 is 1.75 bits per heavy atom. The van der Waals surface area contributed by atoms with Gasteiger partial charge in [-0.05, 0) is 48.2 Å². The Kier molecular flexibility index (Phi) is 6.38. The van der Waals surface area contributed by atoms with Crippen LogP contribution >= 0.6 is 11.6 Å². The molecule has 0 atom stereocenters. The van der Waals surface area contributed by atoms with Crippen LogP contribution in [0.2, 0.25) is 5.02 Å². The maximum absolute atomic E-state index is 12.0. The summed E-state index contributed by atoms with van der Waals surface area (Å²) in [4.78, 5) is 23.8. The molecule has 2 aromatic rings. The SMILES string of the molecule is COc1ccc(CCNC(=O)C(=O)Cc2ccc(C)c(Cl)c2)cc1. The number of ether oxygens (including phenoxy) is 1. The van der Waals surface area contributed by atoms with Crippen molar-refractivity contribution in [2.24, 2.45) is 0 Å². The number of Topliss-reactive ketones (excluding diaryl/α,β-unsaturated/α-hetero) is 1. The lowest BCUT2D eigenvalue weighted by molar-refractivity contribution is -0.137. The Morgan fingerprint density at radius 3 is 2.38 bits per heavy atom. The topological polar surface area (TPSA) is 55.4 Å². The molecule has 5 heteroatoms. The first-order chi connectivity index (χ1) is 11.5. The van der Waals surface area contributed by atoms with Crippen molar-refractivity contribution >= 4 is 23.3 Å². The van der Waals surface area contributed by atoms with E-state index in [1.807, 2.05) is 43.3 Å². The fraction of sp³-hybridized carbons (Fsp3) is 0.263. The van der Waals surface area contributed by atoms with Gasteiger partial charge in [0.15, 0.2) is 0 Å². The van der Waals surface area contributed by atoms with Crippen LogP contribution < -0.4 is 10.1 Å². The molecule has 1 N–H and O–H groups in total. The average molecular weight is 346 g/mol. The van der Waals surface area contributed by atoms with E-state index in [1.54, 1.807) is 13.2 Å². The summed E-state index contributed by atoms with van der Waals surface area (Å²) >= 11 is 6.03. The minimum atomic E-state index is -0.569. The Labute approximate surface area is 146 Å². The molecule has 2 rings (SSSR count). The summed E-state index contributed by atoms with van der Waals surface area (Å²) in [6.07, 6.45) is 0.702. The van der Waals surface area contributed by atoms with Crippen LogP contribution in [0.5, 0.6) is 5.75 Å². The smallest absolute Gasteiger partial charge is 0.287 e. The molecule has 24 heavy (non-hydrogen) atoms.